The van der Waals surface area contributed by atoms with Gasteiger partial charge in [-0.2, -0.15) is 4.98 Å². The van der Waals surface area contributed by atoms with Gasteiger partial charge in [0.05, 0.1) is 11.1 Å². The Hall–Kier alpha value is -3.48. The summed E-state index contributed by atoms with van der Waals surface area (Å²) < 4.78 is 18.9. The second kappa shape index (κ2) is 5.31. The van der Waals surface area contributed by atoms with Gasteiger partial charge in [-0.25, -0.2) is 4.39 Å². The molecule has 2 N–H and O–H groups in total. The molecule has 0 bridgehead atoms. The SMILES string of the molecule is O=c1[nH]c2ccccc2c(O)c1-c1nc(-c2ccccc2F)no1. The van der Waals surface area contributed by atoms with Crippen molar-refractivity contribution in [3.8, 4) is 28.6 Å². The minimum absolute atomic E-state index is 0.00458. The Kier molecular flexibility index (Phi) is 3.13. The van der Waals surface area contributed by atoms with E-state index in [0.29, 0.717) is 10.9 Å². The first-order valence-corrected chi connectivity index (χ1v) is 7.08. The fourth-order valence-electron chi connectivity index (χ4n) is 2.50. The molecule has 0 amide bonds. The molecule has 0 aliphatic carbocycles. The highest BCUT2D eigenvalue weighted by molar-refractivity contribution is 5.90. The monoisotopic (exact) mass is 323 g/mol. The highest BCUT2D eigenvalue weighted by Crippen LogP contribution is 2.32. The number of aromatic hydroxyl groups is 1. The predicted molar refractivity (Wildman–Crippen MR) is 84.9 cm³/mol. The highest BCUT2D eigenvalue weighted by Gasteiger charge is 2.21. The lowest BCUT2D eigenvalue weighted by Gasteiger charge is -2.03. The average Bonchev–Trinajstić information content (AvgIpc) is 3.04. The molecule has 0 saturated carbocycles. The van der Waals surface area contributed by atoms with Crippen LogP contribution in [0.15, 0.2) is 57.8 Å². The fraction of sp³-hybridized carbons (Fsp3) is 0. The number of pyridine rings is 1. The number of aromatic amines is 1. The number of para-hydroxylation sites is 1. The summed E-state index contributed by atoms with van der Waals surface area (Å²) in [7, 11) is 0. The van der Waals surface area contributed by atoms with Crippen LogP contribution in [-0.2, 0) is 0 Å². The molecule has 0 atom stereocenters. The number of hydrogen-bond acceptors (Lipinski definition) is 5. The van der Waals surface area contributed by atoms with Gasteiger partial charge in [0, 0.05) is 5.39 Å². The summed E-state index contributed by atoms with van der Waals surface area (Å²) in [5, 5.41) is 14.5. The second-order valence-corrected chi connectivity index (χ2v) is 5.13. The van der Waals surface area contributed by atoms with E-state index in [1.807, 2.05) is 0 Å². The summed E-state index contributed by atoms with van der Waals surface area (Å²) in [6, 6.07) is 12.7. The molecule has 0 unspecified atom stereocenters. The summed E-state index contributed by atoms with van der Waals surface area (Å²) in [5.74, 6) is -0.965. The molecule has 4 aromatic rings. The van der Waals surface area contributed by atoms with Gasteiger partial charge < -0.3 is 14.6 Å². The topological polar surface area (TPSA) is 92.0 Å². The van der Waals surface area contributed by atoms with Gasteiger partial charge in [-0.3, -0.25) is 4.79 Å². The minimum Gasteiger partial charge on any atom is -0.506 e. The van der Waals surface area contributed by atoms with Crippen molar-refractivity contribution in [1.82, 2.24) is 15.1 Å². The van der Waals surface area contributed by atoms with Gasteiger partial charge >= 0.3 is 0 Å². The van der Waals surface area contributed by atoms with Gasteiger partial charge in [0.1, 0.15) is 17.1 Å². The molecule has 118 valence electrons. The van der Waals surface area contributed by atoms with E-state index < -0.39 is 11.4 Å². The molecule has 24 heavy (non-hydrogen) atoms. The normalized spacial score (nSPS) is 11.0. The van der Waals surface area contributed by atoms with Gasteiger partial charge in [-0.05, 0) is 24.3 Å². The zero-order valence-electron chi connectivity index (χ0n) is 12.2. The van der Waals surface area contributed by atoms with Gasteiger partial charge in [0.25, 0.3) is 11.4 Å². The summed E-state index contributed by atoms with van der Waals surface area (Å²) in [6.45, 7) is 0. The van der Waals surface area contributed by atoms with Crippen molar-refractivity contribution >= 4 is 10.9 Å². The van der Waals surface area contributed by atoms with Crippen LogP contribution >= 0.6 is 0 Å². The van der Waals surface area contributed by atoms with Gasteiger partial charge in [0.15, 0.2) is 0 Å². The van der Waals surface area contributed by atoms with Crippen LogP contribution in [0.4, 0.5) is 4.39 Å². The summed E-state index contributed by atoms with van der Waals surface area (Å²) in [6.07, 6.45) is 0. The lowest BCUT2D eigenvalue weighted by molar-refractivity contribution is 0.425. The van der Waals surface area contributed by atoms with E-state index in [-0.39, 0.29) is 28.6 Å². The van der Waals surface area contributed by atoms with Crippen LogP contribution in [0, 0.1) is 5.82 Å². The Balaban J connectivity index is 1.91. The van der Waals surface area contributed by atoms with Crippen LogP contribution in [-0.4, -0.2) is 20.2 Å². The van der Waals surface area contributed by atoms with Crippen LogP contribution in [0.2, 0.25) is 0 Å². The van der Waals surface area contributed by atoms with E-state index in [4.69, 9.17) is 4.52 Å². The number of nitrogens with one attached hydrogen (secondary N) is 1. The van der Waals surface area contributed by atoms with E-state index >= 15 is 0 Å². The average molecular weight is 323 g/mol. The van der Waals surface area contributed by atoms with Crippen molar-refractivity contribution in [2.24, 2.45) is 0 Å². The van der Waals surface area contributed by atoms with Gasteiger partial charge in [-0.15, -0.1) is 0 Å². The summed E-state index contributed by atoms with van der Waals surface area (Å²) in [5.41, 5.74) is -0.0967. The molecule has 7 heteroatoms. The molecular formula is C17H10FN3O3. The maximum atomic E-state index is 13.8. The number of aromatic nitrogens is 3. The summed E-state index contributed by atoms with van der Waals surface area (Å²) in [4.78, 5) is 18.9. The number of fused-ring (bicyclic) bond motifs is 1. The smallest absolute Gasteiger partial charge is 0.267 e. The van der Waals surface area contributed by atoms with Crippen LogP contribution in [0.3, 0.4) is 0 Å². The third-order valence-electron chi connectivity index (χ3n) is 3.65. The maximum Gasteiger partial charge on any atom is 0.267 e. The van der Waals surface area contributed by atoms with Crippen molar-refractivity contribution in [3.63, 3.8) is 0 Å². The van der Waals surface area contributed by atoms with E-state index in [1.54, 1.807) is 36.4 Å². The number of nitrogens with zero attached hydrogens (tertiary/aromatic N) is 2. The van der Waals surface area contributed by atoms with E-state index in [0.717, 1.165) is 0 Å². The van der Waals surface area contributed by atoms with Crippen molar-refractivity contribution in [1.29, 1.82) is 0 Å². The third-order valence-corrected chi connectivity index (χ3v) is 3.65. The number of halogens is 1. The number of hydrogen-bond donors (Lipinski definition) is 2. The standard InChI is InChI=1S/C17H10FN3O3/c18-11-7-3-1-5-9(11)15-20-17(24-21-15)13-14(22)10-6-2-4-8-12(10)19-16(13)23/h1-8H,(H2,19,22,23). The highest BCUT2D eigenvalue weighted by atomic mass is 19.1. The lowest BCUT2D eigenvalue weighted by atomic mass is 10.1. The largest absolute Gasteiger partial charge is 0.506 e. The number of rotatable bonds is 2. The summed E-state index contributed by atoms with van der Waals surface area (Å²) >= 11 is 0. The first kappa shape index (κ1) is 14.1. The molecule has 2 aromatic heterocycles. The van der Waals surface area contributed by atoms with Crippen molar-refractivity contribution in [2.45, 2.75) is 0 Å². The zero-order valence-corrected chi connectivity index (χ0v) is 12.2. The van der Waals surface area contributed by atoms with Crippen LogP contribution in [0.5, 0.6) is 5.75 Å². The Morgan fingerprint density at radius 2 is 1.83 bits per heavy atom. The van der Waals surface area contributed by atoms with E-state index in [2.05, 4.69) is 15.1 Å². The molecule has 0 radical (unpaired) electrons. The predicted octanol–water partition coefficient (Wildman–Crippen LogP) is 3.09. The van der Waals surface area contributed by atoms with Crippen LogP contribution in [0.1, 0.15) is 0 Å². The zero-order chi connectivity index (χ0) is 16.7. The first-order valence-electron chi connectivity index (χ1n) is 7.08. The Morgan fingerprint density at radius 1 is 1.08 bits per heavy atom. The number of H-pyrrole nitrogens is 1. The molecule has 0 spiro atoms. The molecule has 6 nitrogen and oxygen atoms in total. The fourth-order valence-corrected chi connectivity index (χ4v) is 2.50. The van der Waals surface area contributed by atoms with Gasteiger partial charge in [0.2, 0.25) is 5.82 Å². The Bertz CT molecular complexity index is 1120. The van der Waals surface area contributed by atoms with Crippen molar-refractivity contribution in [2.75, 3.05) is 0 Å². The molecule has 4 rings (SSSR count). The minimum atomic E-state index is -0.574. The molecule has 0 saturated heterocycles. The van der Waals surface area contributed by atoms with Crippen LogP contribution in [0.25, 0.3) is 33.7 Å². The Labute approximate surface area is 134 Å². The van der Waals surface area contributed by atoms with Gasteiger partial charge in [-0.1, -0.05) is 29.4 Å². The quantitative estimate of drug-likeness (QED) is 0.591. The van der Waals surface area contributed by atoms with Crippen LogP contribution < -0.4 is 5.56 Å². The Morgan fingerprint density at radius 3 is 2.67 bits per heavy atom. The maximum absolute atomic E-state index is 13.8. The van der Waals surface area contributed by atoms with Crippen molar-refractivity contribution < 1.29 is 14.0 Å². The van der Waals surface area contributed by atoms with Crippen molar-refractivity contribution in [3.05, 3.63) is 64.7 Å². The van der Waals surface area contributed by atoms with E-state index in [1.165, 1.54) is 12.1 Å². The molecular weight excluding hydrogens is 313 g/mol. The molecule has 0 aliphatic heterocycles. The number of benzene rings is 2. The lowest BCUT2D eigenvalue weighted by Crippen LogP contribution is -2.09. The molecule has 2 aromatic carbocycles. The molecule has 0 aliphatic rings. The first-order chi connectivity index (χ1) is 11.6. The molecule has 2 heterocycles. The molecule has 0 fully saturated rings. The second-order valence-electron chi connectivity index (χ2n) is 5.13. The van der Waals surface area contributed by atoms with E-state index in [9.17, 15) is 14.3 Å². The third kappa shape index (κ3) is 2.14.